The van der Waals surface area contributed by atoms with Crippen molar-refractivity contribution in [1.82, 2.24) is 30.2 Å². The first kappa shape index (κ1) is 24.0. The fraction of sp³-hybridized carbons (Fsp3) is 0.524. The van der Waals surface area contributed by atoms with Gasteiger partial charge in [-0.1, -0.05) is 0 Å². The molecule has 5 rings (SSSR count). The summed E-state index contributed by atoms with van der Waals surface area (Å²) in [6.07, 6.45) is 4.96. The number of nitrogens with zero attached hydrogens (tertiary/aromatic N) is 6. The fourth-order valence-electron chi connectivity index (χ4n) is 3.96. The quantitative estimate of drug-likeness (QED) is 0.467. The van der Waals surface area contributed by atoms with E-state index in [-0.39, 0.29) is 5.95 Å². The number of morpholine rings is 1. The fourth-order valence-corrected chi connectivity index (χ4v) is 5.16. The normalized spacial score (nSPS) is 18.1. The van der Waals surface area contributed by atoms with Crippen molar-refractivity contribution in [3.8, 4) is 11.4 Å². The summed E-state index contributed by atoms with van der Waals surface area (Å²) in [7, 11) is 0. The van der Waals surface area contributed by atoms with Crippen LogP contribution < -0.4 is 16.0 Å². The van der Waals surface area contributed by atoms with E-state index >= 15 is 0 Å². The summed E-state index contributed by atoms with van der Waals surface area (Å²) in [6, 6.07) is 2.58. The van der Waals surface area contributed by atoms with E-state index in [0.29, 0.717) is 25.1 Å². The van der Waals surface area contributed by atoms with Gasteiger partial charge in [0.15, 0.2) is 11.6 Å². The summed E-state index contributed by atoms with van der Waals surface area (Å²) < 4.78 is 14.2. The standard InChI is InChI=1S/C20H26N8OS.CH4OS/c1-13(27-4-2-22-3-5-27)16-10-15-17(30-16)19(28-6-8-29-9-7-28)26-18(25-15)14-11-23-20(21)24-12-14;1-3-2/h10-13,22H,2-9H2,1H3,(H2,21,23,24);2H,1H3. The van der Waals surface area contributed by atoms with Crippen LogP contribution in [0.3, 0.4) is 0 Å². The topological polar surface area (TPSA) is 126 Å². The van der Waals surface area contributed by atoms with Gasteiger partial charge in [-0.2, -0.15) is 0 Å². The number of hydrogen-bond donors (Lipinski definition) is 3. The third-order valence-corrected chi connectivity index (χ3v) is 7.01. The van der Waals surface area contributed by atoms with Crippen LogP contribution in [0, 0.1) is 0 Å². The molecule has 0 aliphatic carbocycles. The number of ether oxygens (including phenoxy) is 1. The molecule has 0 aromatic carbocycles. The van der Waals surface area contributed by atoms with Crippen LogP contribution in [-0.4, -0.2) is 88.1 Å². The minimum atomic E-state index is 0.246. The van der Waals surface area contributed by atoms with E-state index in [9.17, 15) is 0 Å². The van der Waals surface area contributed by atoms with Gasteiger partial charge in [0.1, 0.15) is 0 Å². The number of fused-ring (bicyclic) bond motifs is 1. The van der Waals surface area contributed by atoms with Gasteiger partial charge in [-0.05, 0) is 25.0 Å². The first-order valence-electron chi connectivity index (χ1n) is 10.9. The summed E-state index contributed by atoms with van der Waals surface area (Å²) in [5, 5.41) is 3.43. The zero-order valence-corrected chi connectivity index (χ0v) is 20.5. The Hall–Kier alpha value is -2.09. The number of nitrogens with two attached hydrogens (primary N) is 1. The lowest BCUT2D eigenvalue weighted by atomic mass is 10.2. The van der Waals surface area contributed by atoms with Crippen molar-refractivity contribution in [1.29, 1.82) is 0 Å². The highest BCUT2D eigenvalue weighted by atomic mass is 32.2. The first-order chi connectivity index (χ1) is 16.1. The average Bonchev–Trinajstić information content (AvgIpc) is 3.29. The van der Waals surface area contributed by atoms with E-state index in [1.807, 2.05) is 0 Å². The van der Waals surface area contributed by atoms with Crippen LogP contribution in [0.2, 0.25) is 0 Å². The summed E-state index contributed by atoms with van der Waals surface area (Å²) in [4.78, 5) is 24.2. The lowest BCUT2D eigenvalue weighted by molar-refractivity contribution is 0.122. The number of anilines is 2. The monoisotopic (exact) mass is 490 g/mol. The smallest absolute Gasteiger partial charge is 0.219 e. The van der Waals surface area contributed by atoms with E-state index in [2.05, 4.69) is 38.1 Å². The van der Waals surface area contributed by atoms with Gasteiger partial charge in [0.2, 0.25) is 5.95 Å². The second-order valence-corrected chi connectivity index (χ2v) is 9.26. The number of aromatic nitrogens is 4. The highest BCUT2D eigenvalue weighted by molar-refractivity contribution is 7.93. The third-order valence-electron chi connectivity index (χ3n) is 5.72. The Balaban J connectivity index is 0.000000821. The highest BCUT2D eigenvalue weighted by Gasteiger charge is 2.24. The molecule has 10 nitrogen and oxygen atoms in total. The maximum atomic E-state index is 7.49. The van der Waals surface area contributed by atoms with E-state index in [0.717, 1.165) is 72.9 Å². The van der Waals surface area contributed by atoms with Crippen LogP contribution >= 0.6 is 23.4 Å². The number of hydrogen-bond acceptors (Lipinski definition) is 12. The highest BCUT2D eigenvalue weighted by Crippen LogP contribution is 2.38. The molecule has 178 valence electrons. The Morgan fingerprint density at radius 3 is 2.48 bits per heavy atom. The molecular weight excluding hydrogens is 460 g/mol. The van der Waals surface area contributed by atoms with E-state index in [1.165, 1.54) is 4.88 Å². The van der Waals surface area contributed by atoms with Crippen molar-refractivity contribution in [2.45, 2.75) is 13.0 Å². The largest absolute Gasteiger partial charge is 0.378 e. The van der Waals surface area contributed by atoms with Crippen molar-refractivity contribution >= 4 is 45.4 Å². The minimum absolute atomic E-state index is 0.246. The number of nitrogens with one attached hydrogen (secondary N) is 1. The molecule has 0 amide bonds. The van der Waals surface area contributed by atoms with Crippen molar-refractivity contribution in [2.24, 2.45) is 0 Å². The second-order valence-electron chi connectivity index (χ2n) is 7.81. The van der Waals surface area contributed by atoms with Crippen molar-refractivity contribution in [3.63, 3.8) is 0 Å². The van der Waals surface area contributed by atoms with Crippen LogP contribution in [0.5, 0.6) is 0 Å². The van der Waals surface area contributed by atoms with Crippen LogP contribution in [0.4, 0.5) is 11.8 Å². The van der Waals surface area contributed by atoms with Gasteiger partial charge in [-0.25, -0.2) is 19.9 Å². The van der Waals surface area contributed by atoms with Gasteiger partial charge >= 0.3 is 0 Å². The molecule has 3 aromatic heterocycles. The van der Waals surface area contributed by atoms with Gasteiger partial charge < -0.3 is 25.2 Å². The van der Waals surface area contributed by atoms with Crippen molar-refractivity contribution in [2.75, 3.05) is 69.4 Å². The molecular formula is C21H30N8O2S2. The lowest BCUT2D eigenvalue weighted by Crippen LogP contribution is -2.44. The molecule has 0 spiro atoms. The molecule has 2 saturated heterocycles. The average molecular weight is 491 g/mol. The predicted molar refractivity (Wildman–Crippen MR) is 135 cm³/mol. The Bertz CT molecular complexity index is 1040. The summed E-state index contributed by atoms with van der Waals surface area (Å²) in [5.41, 5.74) is 7.40. The summed E-state index contributed by atoms with van der Waals surface area (Å²) in [5.74, 6) is 1.85. The zero-order valence-electron chi connectivity index (χ0n) is 18.9. The SMILES string of the molecule is CC(c1cc2nc(-c3cnc(N)nc3)nc(N3CCOCC3)c2s1)N1CCNCC1.CSO. The molecule has 5 heterocycles. The van der Waals surface area contributed by atoms with Crippen LogP contribution in [-0.2, 0) is 4.74 Å². The number of thiophene rings is 1. The minimum Gasteiger partial charge on any atom is -0.378 e. The maximum absolute atomic E-state index is 7.49. The van der Waals surface area contributed by atoms with Crippen LogP contribution in [0.1, 0.15) is 17.8 Å². The Labute approximate surface area is 201 Å². The first-order valence-corrected chi connectivity index (χ1v) is 12.9. The summed E-state index contributed by atoms with van der Waals surface area (Å²) in [6.45, 7) is 9.55. The molecule has 4 N–H and O–H groups in total. The van der Waals surface area contributed by atoms with E-state index < -0.39 is 0 Å². The molecule has 0 radical (unpaired) electrons. The number of piperazine rings is 1. The molecule has 0 bridgehead atoms. The van der Waals surface area contributed by atoms with Crippen molar-refractivity contribution in [3.05, 3.63) is 23.3 Å². The molecule has 0 saturated carbocycles. The Morgan fingerprint density at radius 1 is 1.15 bits per heavy atom. The molecule has 33 heavy (non-hydrogen) atoms. The lowest BCUT2D eigenvalue weighted by Gasteiger charge is -2.32. The molecule has 3 aromatic rings. The van der Waals surface area contributed by atoms with Gasteiger partial charge in [0.05, 0.1) is 29.0 Å². The molecule has 2 aliphatic heterocycles. The van der Waals surface area contributed by atoms with Crippen LogP contribution in [0.25, 0.3) is 21.6 Å². The number of nitrogen functional groups attached to an aromatic ring is 1. The molecule has 12 heteroatoms. The molecule has 2 fully saturated rings. The third kappa shape index (κ3) is 5.70. The number of rotatable bonds is 4. The Morgan fingerprint density at radius 2 is 1.82 bits per heavy atom. The van der Waals surface area contributed by atoms with Gasteiger partial charge in [-0.3, -0.25) is 4.90 Å². The molecule has 1 atom stereocenters. The molecule has 1 unspecified atom stereocenters. The van der Waals surface area contributed by atoms with Gasteiger partial charge in [0, 0.05) is 68.8 Å². The van der Waals surface area contributed by atoms with Gasteiger partial charge in [-0.15, -0.1) is 11.3 Å². The van der Waals surface area contributed by atoms with E-state index in [4.69, 9.17) is 25.0 Å². The van der Waals surface area contributed by atoms with Gasteiger partial charge in [0.25, 0.3) is 0 Å². The van der Waals surface area contributed by atoms with E-state index in [1.54, 1.807) is 30.0 Å². The predicted octanol–water partition coefficient (Wildman–Crippen LogP) is 2.36. The zero-order chi connectivity index (χ0) is 23.2. The van der Waals surface area contributed by atoms with Crippen molar-refractivity contribution < 1.29 is 9.29 Å². The second kappa shape index (κ2) is 11.4. The Kier molecular flexibility index (Phi) is 8.28. The summed E-state index contributed by atoms with van der Waals surface area (Å²) >= 11 is 2.55. The maximum Gasteiger partial charge on any atom is 0.219 e. The van der Waals surface area contributed by atoms with Crippen LogP contribution in [0.15, 0.2) is 18.5 Å². The molecule has 2 aliphatic rings.